The quantitative estimate of drug-likeness (QED) is 0.904. The van der Waals surface area contributed by atoms with Crippen LogP contribution in [0.1, 0.15) is 48.1 Å². The van der Waals surface area contributed by atoms with Crippen molar-refractivity contribution < 1.29 is 23.1 Å². The van der Waals surface area contributed by atoms with Gasteiger partial charge in [0.2, 0.25) is 5.43 Å². The first-order valence-corrected chi connectivity index (χ1v) is 7.60. The van der Waals surface area contributed by atoms with Crippen molar-refractivity contribution in [1.82, 2.24) is 9.55 Å². The summed E-state index contributed by atoms with van der Waals surface area (Å²) in [6.07, 6.45) is -1.81. The van der Waals surface area contributed by atoms with E-state index < -0.39 is 28.8 Å². The van der Waals surface area contributed by atoms with Crippen LogP contribution in [0, 0.1) is 6.92 Å². The van der Waals surface area contributed by atoms with Gasteiger partial charge < -0.3 is 9.67 Å². The molecule has 0 aromatic carbocycles. The van der Waals surface area contributed by atoms with E-state index in [1.54, 1.807) is 11.5 Å². The first kappa shape index (κ1) is 18.7. The summed E-state index contributed by atoms with van der Waals surface area (Å²) in [5.41, 5.74) is -2.10. The third-order valence-electron chi connectivity index (χ3n) is 4.12. The highest BCUT2D eigenvalue weighted by molar-refractivity contribution is 5.89. The SMILES string of the molecule is CC[C@@H](C)n1cc(C(=O)O)c(=O)c(-c2ccnc(C(F)(F)F)c2)c1C. The lowest BCUT2D eigenvalue weighted by atomic mass is 10.0. The zero-order valence-corrected chi connectivity index (χ0v) is 13.9. The molecule has 134 valence electrons. The zero-order valence-electron chi connectivity index (χ0n) is 13.9. The van der Waals surface area contributed by atoms with E-state index in [0.29, 0.717) is 12.1 Å². The minimum Gasteiger partial charge on any atom is -0.477 e. The molecule has 1 atom stereocenters. The Morgan fingerprint density at radius 3 is 2.56 bits per heavy atom. The molecule has 25 heavy (non-hydrogen) atoms. The van der Waals surface area contributed by atoms with Crippen molar-refractivity contribution in [3.63, 3.8) is 0 Å². The molecular formula is C17H17F3N2O3. The molecule has 0 radical (unpaired) electrons. The van der Waals surface area contributed by atoms with Gasteiger partial charge in [-0.2, -0.15) is 13.2 Å². The van der Waals surface area contributed by atoms with Crippen molar-refractivity contribution in [3.8, 4) is 11.1 Å². The second-order valence-electron chi connectivity index (χ2n) is 5.73. The molecule has 2 heterocycles. The fraction of sp³-hybridized carbons (Fsp3) is 0.353. The van der Waals surface area contributed by atoms with Gasteiger partial charge in [-0.25, -0.2) is 4.79 Å². The summed E-state index contributed by atoms with van der Waals surface area (Å²) in [5, 5.41) is 9.28. The number of aromatic nitrogens is 2. The summed E-state index contributed by atoms with van der Waals surface area (Å²) >= 11 is 0. The number of nitrogens with zero attached hydrogens (tertiary/aromatic N) is 2. The van der Waals surface area contributed by atoms with E-state index in [0.717, 1.165) is 12.3 Å². The normalized spacial score (nSPS) is 12.9. The van der Waals surface area contributed by atoms with Crippen molar-refractivity contribution >= 4 is 5.97 Å². The monoisotopic (exact) mass is 354 g/mol. The Hall–Kier alpha value is -2.64. The molecule has 0 aliphatic carbocycles. The minimum absolute atomic E-state index is 0.00928. The number of hydrogen-bond acceptors (Lipinski definition) is 3. The van der Waals surface area contributed by atoms with Gasteiger partial charge in [-0.1, -0.05) is 6.92 Å². The molecule has 0 amide bonds. The van der Waals surface area contributed by atoms with Crippen LogP contribution in [0.2, 0.25) is 0 Å². The van der Waals surface area contributed by atoms with E-state index in [1.165, 1.54) is 12.3 Å². The number of pyridine rings is 2. The lowest BCUT2D eigenvalue weighted by Crippen LogP contribution is -2.24. The molecular weight excluding hydrogens is 337 g/mol. The predicted molar refractivity (Wildman–Crippen MR) is 85.6 cm³/mol. The van der Waals surface area contributed by atoms with Crippen LogP contribution in [0.15, 0.2) is 29.3 Å². The Labute approximate surface area is 141 Å². The smallest absolute Gasteiger partial charge is 0.433 e. The number of carbonyl (C=O) groups is 1. The highest BCUT2D eigenvalue weighted by Crippen LogP contribution is 2.31. The van der Waals surface area contributed by atoms with Gasteiger partial charge in [-0.3, -0.25) is 9.78 Å². The van der Waals surface area contributed by atoms with Gasteiger partial charge in [0, 0.05) is 29.7 Å². The molecule has 0 fully saturated rings. The number of alkyl halides is 3. The van der Waals surface area contributed by atoms with Gasteiger partial charge in [-0.15, -0.1) is 0 Å². The average Bonchev–Trinajstić information content (AvgIpc) is 2.53. The number of aromatic carboxylic acids is 1. The van der Waals surface area contributed by atoms with Crippen molar-refractivity contribution in [1.29, 1.82) is 0 Å². The molecule has 0 saturated heterocycles. The van der Waals surface area contributed by atoms with Crippen LogP contribution in [-0.2, 0) is 6.18 Å². The van der Waals surface area contributed by atoms with Crippen molar-refractivity contribution in [2.45, 2.75) is 39.4 Å². The topological polar surface area (TPSA) is 72.2 Å². The summed E-state index contributed by atoms with van der Waals surface area (Å²) in [4.78, 5) is 27.2. The lowest BCUT2D eigenvalue weighted by Gasteiger charge is -2.21. The maximum atomic E-state index is 12.9. The first-order valence-electron chi connectivity index (χ1n) is 7.60. The van der Waals surface area contributed by atoms with Crippen molar-refractivity contribution in [2.24, 2.45) is 0 Å². The molecule has 0 bridgehead atoms. The Kier molecular flexibility index (Phi) is 5.01. The number of halogens is 3. The standard InChI is InChI=1S/C17H17F3N2O3/c1-4-9(2)22-8-12(16(24)25)15(23)14(10(22)3)11-5-6-21-13(7-11)17(18,19)20/h5-9H,4H2,1-3H3,(H,24,25)/t9-/m1/s1. The van der Waals surface area contributed by atoms with Crippen LogP contribution in [0.4, 0.5) is 13.2 Å². The van der Waals surface area contributed by atoms with Gasteiger partial charge in [-0.05, 0) is 38.0 Å². The van der Waals surface area contributed by atoms with Crippen molar-refractivity contribution in [3.05, 3.63) is 51.7 Å². The lowest BCUT2D eigenvalue weighted by molar-refractivity contribution is -0.141. The summed E-state index contributed by atoms with van der Waals surface area (Å²) in [6, 6.07) is 1.91. The van der Waals surface area contributed by atoms with Crippen LogP contribution in [0.5, 0.6) is 0 Å². The van der Waals surface area contributed by atoms with Crippen LogP contribution < -0.4 is 5.43 Å². The van der Waals surface area contributed by atoms with Crippen LogP contribution >= 0.6 is 0 Å². The minimum atomic E-state index is -4.66. The fourth-order valence-corrected chi connectivity index (χ4v) is 2.61. The van der Waals surface area contributed by atoms with E-state index in [4.69, 9.17) is 0 Å². The third-order valence-corrected chi connectivity index (χ3v) is 4.12. The number of carboxylic acids is 1. The highest BCUT2D eigenvalue weighted by atomic mass is 19.4. The van der Waals surface area contributed by atoms with Gasteiger partial charge in [0.05, 0.1) is 0 Å². The van der Waals surface area contributed by atoms with Crippen molar-refractivity contribution in [2.75, 3.05) is 0 Å². The van der Waals surface area contributed by atoms with Crippen LogP contribution in [0.25, 0.3) is 11.1 Å². The van der Waals surface area contributed by atoms with E-state index in [9.17, 15) is 27.9 Å². The second-order valence-corrected chi connectivity index (χ2v) is 5.73. The molecule has 8 heteroatoms. The van der Waals surface area contributed by atoms with E-state index in [1.807, 2.05) is 13.8 Å². The summed E-state index contributed by atoms with van der Waals surface area (Å²) in [5.74, 6) is -1.42. The second kappa shape index (κ2) is 6.70. The Balaban J connectivity index is 2.83. The van der Waals surface area contributed by atoms with Crippen LogP contribution in [-0.4, -0.2) is 20.6 Å². The van der Waals surface area contributed by atoms with Crippen LogP contribution in [0.3, 0.4) is 0 Å². The Morgan fingerprint density at radius 1 is 1.40 bits per heavy atom. The summed E-state index contributed by atoms with van der Waals surface area (Å²) in [6.45, 7) is 5.30. The van der Waals surface area contributed by atoms with Gasteiger partial charge in [0.25, 0.3) is 0 Å². The first-order chi connectivity index (χ1) is 11.6. The largest absolute Gasteiger partial charge is 0.477 e. The van der Waals surface area contributed by atoms with E-state index in [-0.39, 0.29) is 17.2 Å². The molecule has 0 saturated carbocycles. The van der Waals surface area contributed by atoms with Gasteiger partial charge in [0.15, 0.2) is 0 Å². The predicted octanol–water partition coefficient (Wildman–Crippen LogP) is 3.91. The highest BCUT2D eigenvalue weighted by Gasteiger charge is 2.33. The maximum Gasteiger partial charge on any atom is 0.433 e. The molecule has 0 aliphatic rings. The molecule has 2 rings (SSSR count). The number of carboxylic acid groups (broad SMARTS) is 1. The van der Waals surface area contributed by atoms with Gasteiger partial charge >= 0.3 is 12.1 Å². The van der Waals surface area contributed by atoms with Gasteiger partial charge in [0.1, 0.15) is 11.3 Å². The summed E-state index contributed by atoms with van der Waals surface area (Å²) < 4.78 is 40.3. The molecule has 2 aromatic heterocycles. The Morgan fingerprint density at radius 2 is 2.04 bits per heavy atom. The average molecular weight is 354 g/mol. The number of hydrogen-bond donors (Lipinski definition) is 1. The molecule has 2 aromatic rings. The Bertz CT molecular complexity index is 872. The van der Waals surface area contributed by atoms with E-state index >= 15 is 0 Å². The van der Waals surface area contributed by atoms with E-state index in [2.05, 4.69) is 4.98 Å². The molecule has 0 spiro atoms. The zero-order chi connectivity index (χ0) is 18.9. The summed E-state index contributed by atoms with van der Waals surface area (Å²) in [7, 11) is 0. The maximum absolute atomic E-state index is 12.9. The molecule has 0 aliphatic heterocycles. The molecule has 0 unspecified atom stereocenters. The fourth-order valence-electron chi connectivity index (χ4n) is 2.61. The molecule has 5 nitrogen and oxygen atoms in total. The molecule has 1 N–H and O–H groups in total. The number of rotatable bonds is 4. The third kappa shape index (κ3) is 3.57.